The minimum Gasteiger partial charge on any atom is -0.493 e. The van der Waals surface area contributed by atoms with Crippen LogP contribution in [0.15, 0.2) is 18.2 Å². The first-order valence-electron chi connectivity index (χ1n) is 6.68. The molecule has 0 aliphatic heterocycles. The molecule has 0 amide bonds. The van der Waals surface area contributed by atoms with Gasteiger partial charge in [0.1, 0.15) is 0 Å². The van der Waals surface area contributed by atoms with E-state index in [9.17, 15) is 4.79 Å². The molecule has 0 spiro atoms. The van der Waals surface area contributed by atoms with E-state index < -0.39 is 0 Å². The van der Waals surface area contributed by atoms with Gasteiger partial charge in [0.05, 0.1) is 26.8 Å². The van der Waals surface area contributed by atoms with Gasteiger partial charge in [0, 0.05) is 23.6 Å². The summed E-state index contributed by atoms with van der Waals surface area (Å²) < 4.78 is 15.3. The fourth-order valence-corrected chi connectivity index (χ4v) is 2.32. The van der Waals surface area contributed by atoms with E-state index in [2.05, 4.69) is 4.98 Å². The average Bonchev–Trinajstić information content (AvgIpc) is 2.50. The molecule has 5 heteroatoms. The van der Waals surface area contributed by atoms with Crippen LogP contribution in [0.5, 0.6) is 11.5 Å². The normalized spacial score (nSPS) is 10.5. The summed E-state index contributed by atoms with van der Waals surface area (Å²) in [7, 11) is 4.59. The van der Waals surface area contributed by atoms with E-state index in [0.29, 0.717) is 24.3 Å². The molecule has 0 aliphatic rings. The van der Waals surface area contributed by atoms with Crippen molar-refractivity contribution in [2.75, 3.05) is 21.3 Å². The van der Waals surface area contributed by atoms with E-state index >= 15 is 0 Å². The lowest BCUT2D eigenvalue weighted by molar-refractivity contribution is -0.140. The molecule has 2 aromatic rings. The number of nitrogens with zero attached hydrogens (tertiary/aromatic N) is 1. The molecule has 0 saturated carbocycles. The molecule has 112 valence electrons. The van der Waals surface area contributed by atoms with Crippen molar-refractivity contribution >= 4 is 16.9 Å². The van der Waals surface area contributed by atoms with Crippen molar-refractivity contribution in [2.24, 2.45) is 0 Å². The Hall–Kier alpha value is -2.30. The van der Waals surface area contributed by atoms with Crippen molar-refractivity contribution in [1.29, 1.82) is 0 Å². The van der Waals surface area contributed by atoms with Crippen LogP contribution in [-0.4, -0.2) is 32.3 Å². The number of esters is 1. The third-order valence-corrected chi connectivity index (χ3v) is 3.35. The molecule has 0 unspecified atom stereocenters. The molecule has 1 heterocycles. The number of hydrogen-bond donors (Lipinski definition) is 0. The third kappa shape index (κ3) is 3.24. The zero-order chi connectivity index (χ0) is 15.4. The number of benzene rings is 1. The summed E-state index contributed by atoms with van der Waals surface area (Å²) >= 11 is 0. The minimum atomic E-state index is -0.224. The fraction of sp³-hybridized carbons (Fsp3) is 0.375. The van der Waals surface area contributed by atoms with Crippen LogP contribution in [0.25, 0.3) is 10.9 Å². The highest BCUT2D eigenvalue weighted by Gasteiger charge is 2.12. The highest BCUT2D eigenvalue weighted by atomic mass is 16.5. The van der Waals surface area contributed by atoms with Crippen LogP contribution in [0.2, 0.25) is 0 Å². The van der Waals surface area contributed by atoms with Gasteiger partial charge in [0.2, 0.25) is 0 Å². The number of fused-ring (bicyclic) bond motifs is 1. The molecule has 0 aliphatic carbocycles. The number of methoxy groups -OCH3 is 3. The van der Waals surface area contributed by atoms with Crippen LogP contribution in [0.4, 0.5) is 0 Å². The van der Waals surface area contributed by atoms with Gasteiger partial charge >= 0.3 is 5.97 Å². The van der Waals surface area contributed by atoms with Gasteiger partial charge in [-0.3, -0.25) is 9.78 Å². The summed E-state index contributed by atoms with van der Waals surface area (Å²) in [4.78, 5) is 15.9. The second-order valence-corrected chi connectivity index (χ2v) is 4.72. The Morgan fingerprint density at radius 1 is 1.10 bits per heavy atom. The first-order chi connectivity index (χ1) is 10.1. The maximum Gasteiger partial charge on any atom is 0.305 e. The first-order valence-corrected chi connectivity index (χ1v) is 6.68. The van der Waals surface area contributed by atoms with Gasteiger partial charge in [-0.1, -0.05) is 0 Å². The molecule has 2 rings (SSSR count). The monoisotopic (exact) mass is 289 g/mol. The molecule has 21 heavy (non-hydrogen) atoms. The van der Waals surface area contributed by atoms with Crippen LogP contribution in [0.3, 0.4) is 0 Å². The number of pyridine rings is 1. The predicted octanol–water partition coefficient (Wildman–Crippen LogP) is 2.67. The Bertz CT molecular complexity index is 667. The number of hydrogen-bond acceptors (Lipinski definition) is 5. The van der Waals surface area contributed by atoms with Crippen molar-refractivity contribution in [3.8, 4) is 11.5 Å². The van der Waals surface area contributed by atoms with Gasteiger partial charge in [-0.2, -0.15) is 0 Å². The van der Waals surface area contributed by atoms with Crippen LogP contribution in [-0.2, 0) is 16.0 Å². The van der Waals surface area contributed by atoms with E-state index in [1.165, 1.54) is 7.11 Å². The summed E-state index contributed by atoms with van der Waals surface area (Å²) in [6.07, 6.45) is 0.936. The third-order valence-electron chi connectivity index (χ3n) is 3.35. The lowest BCUT2D eigenvalue weighted by Crippen LogP contribution is -2.03. The maximum atomic E-state index is 11.3. The molecule has 5 nitrogen and oxygen atoms in total. The predicted molar refractivity (Wildman–Crippen MR) is 79.9 cm³/mol. The first kappa shape index (κ1) is 15.1. The quantitative estimate of drug-likeness (QED) is 0.792. The largest absolute Gasteiger partial charge is 0.493 e. The fourth-order valence-electron chi connectivity index (χ4n) is 2.32. The summed E-state index contributed by atoms with van der Waals surface area (Å²) in [5.74, 6) is 1.06. The van der Waals surface area contributed by atoms with Crippen molar-refractivity contribution in [1.82, 2.24) is 4.98 Å². The number of carbonyl (C=O) groups excluding carboxylic acids is 1. The summed E-state index contributed by atoms with van der Waals surface area (Å²) in [6.45, 7) is 1.93. The molecule has 0 bridgehead atoms. The van der Waals surface area contributed by atoms with Gasteiger partial charge in [-0.15, -0.1) is 0 Å². The van der Waals surface area contributed by atoms with Crippen LogP contribution >= 0.6 is 0 Å². The number of aryl methyl sites for hydroxylation is 2. The zero-order valence-electron chi connectivity index (χ0n) is 12.7. The molecule has 0 fully saturated rings. The van der Waals surface area contributed by atoms with Crippen LogP contribution in [0, 0.1) is 6.92 Å². The summed E-state index contributed by atoms with van der Waals surface area (Å²) in [5, 5.41) is 0.960. The maximum absolute atomic E-state index is 11.3. The molecule has 0 radical (unpaired) electrons. The number of ether oxygens (including phenoxy) is 3. The number of aromatic nitrogens is 1. The van der Waals surface area contributed by atoms with E-state index in [4.69, 9.17) is 14.2 Å². The molecule has 1 aromatic carbocycles. The topological polar surface area (TPSA) is 57.7 Å². The molecular weight excluding hydrogens is 270 g/mol. The molecule has 1 aromatic heterocycles. The molecule has 0 saturated heterocycles. The van der Waals surface area contributed by atoms with Gasteiger partial charge < -0.3 is 14.2 Å². The molecule has 0 N–H and O–H groups in total. The number of rotatable bonds is 5. The Kier molecular flexibility index (Phi) is 4.62. The summed E-state index contributed by atoms with van der Waals surface area (Å²) in [5.41, 5.74) is 2.77. The average molecular weight is 289 g/mol. The van der Waals surface area contributed by atoms with Crippen molar-refractivity contribution in [2.45, 2.75) is 19.8 Å². The second-order valence-electron chi connectivity index (χ2n) is 4.72. The van der Waals surface area contributed by atoms with E-state index in [1.54, 1.807) is 14.2 Å². The Balaban J connectivity index is 2.51. The van der Waals surface area contributed by atoms with Gasteiger partial charge in [-0.05, 0) is 31.0 Å². The van der Waals surface area contributed by atoms with Gasteiger partial charge in [-0.25, -0.2) is 0 Å². The van der Waals surface area contributed by atoms with E-state index in [0.717, 1.165) is 22.2 Å². The summed E-state index contributed by atoms with van der Waals surface area (Å²) in [6, 6.07) is 5.73. The van der Waals surface area contributed by atoms with E-state index in [-0.39, 0.29) is 5.97 Å². The van der Waals surface area contributed by atoms with E-state index in [1.807, 2.05) is 25.1 Å². The Morgan fingerprint density at radius 2 is 1.76 bits per heavy atom. The lowest BCUT2D eigenvalue weighted by atomic mass is 10.0. The Morgan fingerprint density at radius 3 is 2.38 bits per heavy atom. The standard InChI is InChI=1S/C16H19NO4/c1-10-7-11(5-6-16(18)21-4)12-8-14(19-2)15(20-3)9-13(12)17-10/h7-9H,5-6H2,1-4H3. The van der Waals surface area contributed by atoms with Crippen LogP contribution < -0.4 is 9.47 Å². The van der Waals surface area contributed by atoms with Gasteiger partial charge in [0.15, 0.2) is 11.5 Å². The smallest absolute Gasteiger partial charge is 0.305 e. The molecule has 0 atom stereocenters. The van der Waals surface area contributed by atoms with Crippen molar-refractivity contribution in [3.05, 3.63) is 29.5 Å². The molecular formula is C16H19NO4. The lowest BCUT2D eigenvalue weighted by Gasteiger charge is -2.12. The SMILES string of the molecule is COC(=O)CCc1cc(C)nc2cc(OC)c(OC)cc12. The van der Waals surface area contributed by atoms with Crippen molar-refractivity contribution < 1.29 is 19.0 Å². The second kappa shape index (κ2) is 6.43. The van der Waals surface area contributed by atoms with Gasteiger partial charge in [0.25, 0.3) is 0 Å². The van der Waals surface area contributed by atoms with Crippen LogP contribution in [0.1, 0.15) is 17.7 Å². The zero-order valence-corrected chi connectivity index (χ0v) is 12.7. The van der Waals surface area contributed by atoms with Crippen molar-refractivity contribution in [3.63, 3.8) is 0 Å². The highest BCUT2D eigenvalue weighted by Crippen LogP contribution is 2.33. The Labute approximate surface area is 123 Å². The number of carbonyl (C=O) groups is 1. The highest BCUT2D eigenvalue weighted by molar-refractivity contribution is 5.86. The minimum absolute atomic E-state index is 0.224.